The first kappa shape index (κ1) is 16.6. The Morgan fingerprint density at radius 3 is 2.85 bits per heavy atom. The van der Waals surface area contributed by atoms with Gasteiger partial charge in [-0.1, -0.05) is 42.1 Å². The number of carbonyl (C=O) groups excluding carboxylic acids is 2. The molecule has 2 aromatic carbocycles. The molecule has 2 heterocycles. The van der Waals surface area contributed by atoms with E-state index in [9.17, 15) is 9.59 Å². The van der Waals surface area contributed by atoms with E-state index in [4.69, 9.17) is 0 Å². The van der Waals surface area contributed by atoms with Gasteiger partial charge < -0.3 is 10.2 Å². The molecule has 27 heavy (non-hydrogen) atoms. The average molecular weight is 377 g/mol. The molecule has 1 unspecified atom stereocenters. The lowest BCUT2D eigenvalue weighted by molar-refractivity contribution is -0.125. The van der Waals surface area contributed by atoms with Crippen molar-refractivity contribution in [3.8, 4) is 11.1 Å². The van der Waals surface area contributed by atoms with Crippen molar-refractivity contribution < 1.29 is 9.59 Å². The number of fused-ring (bicyclic) bond motifs is 3. The standard InChI is InChI=1S/C21H19N3O2S/c25-19-11-15(20(26)23-21-22-7-8-27-21)12-24(19)16-5-6-18-14(10-16)9-13-3-1-2-4-17(13)18/h1-6,10,15H,7-9,11-12H2,(H,22,23,26). The Labute approximate surface area is 161 Å². The molecular formula is C21H19N3O2S. The van der Waals surface area contributed by atoms with Gasteiger partial charge in [-0.05, 0) is 40.8 Å². The summed E-state index contributed by atoms with van der Waals surface area (Å²) in [5.41, 5.74) is 5.97. The van der Waals surface area contributed by atoms with Crippen LogP contribution in [0, 0.1) is 5.92 Å². The normalized spacial score (nSPS) is 20.4. The summed E-state index contributed by atoms with van der Waals surface area (Å²) in [5, 5.41) is 3.54. The van der Waals surface area contributed by atoms with Crippen LogP contribution in [0.15, 0.2) is 47.5 Å². The van der Waals surface area contributed by atoms with Crippen molar-refractivity contribution in [1.29, 1.82) is 0 Å². The molecule has 3 aliphatic rings. The molecule has 0 saturated carbocycles. The molecule has 0 radical (unpaired) electrons. The van der Waals surface area contributed by atoms with Crippen molar-refractivity contribution >= 4 is 34.4 Å². The summed E-state index contributed by atoms with van der Waals surface area (Å²) in [5.74, 6) is 0.481. The van der Waals surface area contributed by atoms with Gasteiger partial charge >= 0.3 is 0 Å². The third kappa shape index (κ3) is 2.94. The van der Waals surface area contributed by atoms with Crippen LogP contribution < -0.4 is 10.2 Å². The van der Waals surface area contributed by atoms with Crippen molar-refractivity contribution in [1.82, 2.24) is 5.32 Å². The van der Waals surface area contributed by atoms with Gasteiger partial charge in [-0.3, -0.25) is 14.6 Å². The second kappa shape index (κ2) is 6.53. The number of nitrogens with zero attached hydrogens (tertiary/aromatic N) is 2. The van der Waals surface area contributed by atoms with Gasteiger partial charge in [0.2, 0.25) is 11.8 Å². The lowest BCUT2D eigenvalue weighted by atomic mass is 10.1. The molecule has 1 fully saturated rings. The molecule has 5 rings (SSSR count). The Morgan fingerprint density at radius 2 is 2.00 bits per heavy atom. The van der Waals surface area contributed by atoms with E-state index in [1.165, 1.54) is 22.3 Å². The highest BCUT2D eigenvalue weighted by molar-refractivity contribution is 8.14. The Kier molecular flexibility index (Phi) is 4.01. The van der Waals surface area contributed by atoms with E-state index < -0.39 is 0 Å². The van der Waals surface area contributed by atoms with E-state index in [-0.39, 0.29) is 24.2 Å². The smallest absolute Gasteiger partial charge is 0.231 e. The van der Waals surface area contributed by atoms with Crippen molar-refractivity contribution in [3.05, 3.63) is 53.6 Å². The van der Waals surface area contributed by atoms with Crippen molar-refractivity contribution in [2.75, 3.05) is 23.7 Å². The minimum atomic E-state index is -0.327. The van der Waals surface area contributed by atoms with Crippen LogP contribution in [-0.2, 0) is 16.0 Å². The highest BCUT2D eigenvalue weighted by atomic mass is 32.2. The largest absolute Gasteiger partial charge is 0.312 e. The first-order valence-electron chi connectivity index (χ1n) is 9.19. The zero-order valence-corrected chi connectivity index (χ0v) is 15.6. The van der Waals surface area contributed by atoms with E-state index in [0.29, 0.717) is 11.7 Å². The van der Waals surface area contributed by atoms with E-state index in [0.717, 1.165) is 24.4 Å². The van der Waals surface area contributed by atoms with Gasteiger partial charge in [0.1, 0.15) is 0 Å². The third-order valence-electron chi connectivity index (χ3n) is 5.40. The van der Waals surface area contributed by atoms with Crippen molar-refractivity contribution in [2.24, 2.45) is 10.9 Å². The minimum absolute atomic E-state index is 0.00613. The molecule has 1 saturated heterocycles. The number of hydrogen-bond donors (Lipinski definition) is 1. The van der Waals surface area contributed by atoms with Gasteiger partial charge in [-0.25, -0.2) is 0 Å². The third-order valence-corrected chi connectivity index (χ3v) is 6.29. The Morgan fingerprint density at radius 1 is 1.15 bits per heavy atom. The predicted molar refractivity (Wildman–Crippen MR) is 108 cm³/mol. The molecule has 0 bridgehead atoms. The van der Waals surface area contributed by atoms with E-state index >= 15 is 0 Å². The zero-order valence-electron chi connectivity index (χ0n) is 14.8. The molecule has 1 atom stereocenters. The molecule has 6 heteroatoms. The van der Waals surface area contributed by atoms with Crippen LogP contribution in [0.5, 0.6) is 0 Å². The Bertz CT molecular complexity index is 985. The highest BCUT2D eigenvalue weighted by Gasteiger charge is 2.36. The second-order valence-corrected chi connectivity index (χ2v) is 8.19. The second-order valence-electron chi connectivity index (χ2n) is 7.11. The average Bonchev–Trinajstić information content (AvgIpc) is 3.39. The lowest BCUT2D eigenvalue weighted by Crippen LogP contribution is -2.35. The molecular weight excluding hydrogens is 358 g/mol. The fraction of sp³-hybridized carbons (Fsp3) is 0.286. The first-order valence-corrected chi connectivity index (χ1v) is 10.2. The number of amides is 2. The highest BCUT2D eigenvalue weighted by Crippen LogP contribution is 2.39. The molecule has 5 nitrogen and oxygen atoms in total. The number of thioether (sulfide) groups is 1. The SMILES string of the molecule is O=C(NC1=NCCS1)C1CC(=O)N(c2ccc3c(c2)Cc2ccccc2-3)C1. The monoisotopic (exact) mass is 377 g/mol. The molecule has 2 aromatic rings. The van der Waals surface area contributed by atoms with E-state index in [1.807, 2.05) is 6.07 Å². The summed E-state index contributed by atoms with van der Waals surface area (Å²) in [4.78, 5) is 31.0. The molecule has 1 aliphatic carbocycles. The van der Waals surface area contributed by atoms with E-state index in [1.54, 1.807) is 16.7 Å². The van der Waals surface area contributed by atoms with Crippen LogP contribution in [0.2, 0.25) is 0 Å². The summed E-state index contributed by atoms with van der Waals surface area (Å²) in [6.45, 7) is 1.17. The predicted octanol–water partition coefficient (Wildman–Crippen LogP) is 2.83. The maximum absolute atomic E-state index is 12.6. The van der Waals surface area contributed by atoms with Crippen molar-refractivity contribution in [3.63, 3.8) is 0 Å². The van der Waals surface area contributed by atoms with Crippen LogP contribution in [0.4, 0.5) is 5.69 Å². The van der Waals surface area contributed by atoms with E-state index in [2.05, 4.69) is 46.7 Å². The number of amidine groups is 1. The summed E-state index contributed by atoms with van der Waals surface area (Å²) in [6.07, 6.45) is 1.14. The fourth-order valence-corrected chi connectivity index (χ4v) is 4.78. The molecule has 0 spiro atoms. The fourth-order valence-electron chi connectivity index (χ4n) is 4.05. The number of aliphatic imine (C=N–C) groups is 1. The maximum atomic E-state index is 12.6. The molecule has 136 valence electrons. The molecule has 2 amide bonds. The van der Waals surface area contributed by atoms with Crippen LogP contribution in [-0.4, -0.2) is 35.8 Å². The van der Waals surface area contributed by atoms with Gasteiger partial charge in [0, 0.05) is 24.4 Å². The summed E-state index contributed by atoms with van der Waals surface area (Å²) < 4.78 is 0. The van der Waals surface area contributed by atoms with Crippen LogP contribution in [0.3, 0.4) is 0 Å². The number of rotatable bonds is 2. The minimum Gasteiger partial charge on any atom is -0.312 e. The number of nitrogens with one attached hydrogen (secondary N) is 1. The quantitative estimate of drug-likeness (QED) is 0.747. The van der Waals surface area contributed by atoms with Gasteiger partial charge in [0.05, 0.1) is 12.5 Å². The van der Waals surface area contributed by atoms with Crippen LogP contribution in [0.25, 0.3) is 11.1 Å². The van der Waals surface area contributed by atoms with Crippen LogP contribution in [0.1, 0.15) is 17.5 Å². The number of anilines is 1. The summed E-state index contributed by atoms with van der Waals surface area (Å²) in [7, 11) is 0. The van der Waals surface area contributed by atoms with Gasteiger partial charge in [0.15, 0.2) is 5.17 Å². The summed E-state index contributed by atoms with van der Waals surface area (Å²) >= 11 is 1.55. The maximum Gasteiger partial charge on any atom is 0.231 e. The van der Waals surface area contributed by atoms with Gasteiger partial charge in [-0.2, -0.15) is 0 Å². The number of benzene rings is 2. The number of carbonyl (C=O) groups is 2. The van der Waals surface area contributed by atoms with Crippen LogP contribution >= 0.6 is 11.8 Å². The lowest BCUT2D eigenvalue weighted by Gasteiger charge is -2.18. The Balaban J connectivity index is 1.34. The number of hydrogen-bond acceptors (Lipinski definition) is 4. The molecule has 0 aromatic heterocycles. The topological polar surface area (TPSA) is 61.8 Å². The molecule has 2 aliphatic heterocycles. The van der Waals surface area contributed by atoms with Gasteiger partial charge in [0.25, 0.3) is 0 Å². The zero-order chi connectivity index (χ0) is 18.4. The Hall–Kier alpha value is -2.60. The first-order chi connectivity index (χ1) is 13.2. The molecule has 1 N–H and O–H groups in total. The van der Waals surface area contributed by atoms with Crippen molar-refractivity contribution in [2.45, 2.75) is 12.8 Å². The van der Waals surface area contributed by atoms with Gasteiger partial charge in [-0.15, -0.1) is 0 Å². The summed E-state index contributed by atoms with van der Waals surface area (Å²) in [6, 6.07) is 14.6.